The van der Waals surface area contributed by atoms with Crippen molar-refractivity contribution in [1.82, 2.24) is 4.90 Å². The minimum Gasteiger partial charge on any atom is -0.399 e. The number of nitrogen functional groups attached to an aromatic ring is 1. The van der Waals surface area contributed by atoms with E-state index < -0.39 is 0 Å². The van der Waals surface area contributed by atoms with Crippen molar-refractivity contribution >= 4 is 18.1 Å². The highest BCUT2D eigenvalue weighted by Gasteiger charge is 2.26. The van der Waals surface area contributed by atoms with Gasteiger partial charge in [-0.05, 0) is 54.6 Å². The Hall–Kier alpha value is -1.51. The first-order valence-electron chi connectivity index (χ1n) is 7.91. The van der Waals surface area contributed by atoms with Crippen LogP contribution in [0.5, 0.6) is 0 Å². The van der Waals surface area contributed by atoms with Gasteiger partial charge in [0.05, 0.1) is 0 Å². The summed E-state index contributed by atoms with van der Waals surface area (Å²) in [6, 6.07) is 17.8. The summed E-state index contributed by atoms with van der Waals surface area (Å²) >= 11 is 0. The van der Waals surface area contributed by atoms with Gasteiger partial charge >= 0.3 is 0 Å². The van der Waals surface area contributed by atoms with Gasteiger partial charge in [-0.1, -0.05) is 43.3 Å². The fraction of sp³-hybridized carbons (Fsp3) is 0.368. The fourth-order valence-corrected chi connectivity index (χ4v) is 3.37. The summed E-state index contributed by atoms with van der Waals surface area (Å²) in [5.74, 6) is 0. The van der Waals surface area contributed by atoms with Crippen molar-refractivity contribution < 1.29 is 0 Å². The molecule has 1 aliphatic carbocycles. The predicted octanol–water partition coefficient (Wildman–Crippen LogP) is 4.07. The third kappa shape index (κ3) is 3.82. The van der Waals surface area contributed by atoms with E-state index in [2.05, 4.69) is 54.3 Å². The smallest absolute Gasteiger partial charge is 0.0316 e. The normalized spacial score (nSPS) is 16.4. The van der Waals surface area contributed by atoms with Crippen LogP contribution in [0.4, 0.5) is 5.69 Å². The Morgan fingerprint density at radius 2 is 1.77 bits per heavy atom. The van der Waals surface area contributed by atoms with Crippen molar-refractivity contribution in [3.8, 4) is 0 Å². The monoisotopic (exact) mass is 316 g/mol. The van der Waals surface area contributed by atoms with Gasteiger partial charge in [0.25, 0.3) is 0 Å². The van der Waals surface area contributed by atoms with Gasteiger partial charge in [-0.2, -0.15) is 0 Å². The molecule has 3 rings (SSSR count). The highest BCUT2D eigenvalue weighted by atomic mass is 35.5. The number of halogens is 1. The first-order chi connectivity index (χ1) is 10.3. The zero-order chi connectivity index (χ0) is 14.7. The molecule has 2 nitrogen and oxygen atoms in total. The van der Waals surface area contributed by atoms with Crippen LogP contribution in [0.1, 0.15) is 30.0 Å². The predicted molar refractivity (Wildman–Crippen MR) is 96.4 cm³/mol. The summed E-state index contributed by atoms with van der Waals surface area (Å²) in [6.07, 6.45) is 3.48. The Labute approximate surface area is 139 Å². The summed E-state index contributed by atoms with van der Waals surface area (Å²) in [6.45, 7) is 4.46. The summed E-state index contributed by atoms with van der Waals surface area (Å²) in [4.78, 5) is 2.63. The number of nitrogens with zero attached hydrogens (tertiary/aromatic N) is 1. The molecule has 0 heterocycles. The third-order valence-corrected chi connectivity index (χ3v) is 4.40. The maximum Gasteiger partial charge on any atom is 0.0316 e. The summed E-state index contributed by atoms with van der Waals surface area (Å²) < 4.78 is 0. The van der Waals surface area contributed by atoms with E-state index in [-0.39, 0.29) is 12.4 Å². The number of nitrogens with two attached hydrogens (primary N) is 1. The van der Waals surface area contributed by atoms with Gasteiger partial charge < -0.3 is 5.73 Å². The van der Waals surface area contributed by atoms with Crippen LogP contribution in [0, 0.1) is 0 Å². The van der Waals surface area contributed by atoms with Crippen LogP contribution in [-0.2, 0) is 19.4 Å². The summed E-state index contributed by atoms with van der Waals surface area (Å²) in [7, 11) is 0. The molecule has 0 fully saturated rings. The lowest BCUT2D eigenvalue weighted by Gasteiger charge is -2.28. The van der Waals surface area contributed by atoms with E-state index in [1.54, 1.807) is 0 Å². The van der Waals surface area contributed by atoms with E-state index >= 15 is 0 Å². The largest absolute Gasteiger partial charge is 0.399 e. The van der Waals surface area contributed by atoms with Gasteiger partial charge in [0.1, 0.15) is 0 Å². The SMILES string of the molecule is CCCN(Cc1ccccc1)C1Cc2ccc(N)cc2C1.Cl. The summed E-state index contributed by atoms with van der Waals surface area (Å²) in [5.41, 5.74) is 11.1. The quantitative estimate of drug-likeness (QED) is 0.843. The number of hydrogen-bond donors (Lipinski definition) is 1. The van der Waals surface area contributed by atoms with Crippen molar-refractivity contribution in [2.24, 2.45) is 0 Å². The van der Waals surface area contributed by atoms with E-state index in [0.29, 0.717) is 6.04 Å². The lowest BCUT2D eigenvalue weighted by atomic mass is 10.1. The van der Waals surface area contributed by atoms with E-state index in [1.165, 1.54) is 23.1 Å². The molecule has 0 radical (unpaired) electrons. The van der Waals surface area contributed by atoms with E-state index in [4.69, 9.17) is 5.73 Å². The van der Waals surface area contributed by atoms with Gasteiger partial charge in [-0.25, -0.2) is 0 Å². The molecular weight excluding hydrogens is 292 g/mol. The second kappa shape index (κ2) is 7.66. The Bertz CT molecular complexity index is 598. The molecule has 3 heteroatoms. The van der Waals surface area contributed by atoms with Crippen LogP contribution in [0.15, 0.2) is 48.5 Å². The Morgan fingerprint density at radius 1 is 1.05 bits per heavy atom. The van der Waals surface area contributed by atoms with Crippen LogP contribution >= 0.6 is 12.4 Å². The zero-order valence-corrected chi connectivity index (χ0v) is 14.0. The van der Waals surface area contributed by atoms with Gasteiger partial charge in [0, 0.05) is 18.3 Å². The number of benzene rings is 2. The molecule has 1 aliphatic rings. The number of fused-ring (bicyclic) bond motifs is 1. The zero-order valence-electron chi connectivity index (χ0n) is 13.2. The average Bonchev–Trinajstić information content (AvgIpc) is 2.91. The molecule has 118 valence electrons. The molecular formula is C19H25ClN2. The third-order valence-electron chi connectivity index (χ3n) is 4.40. The number of anilines is 1. The van der Waals surface area contributed by atoms with E-state index in [0.717, 1.165) is 31.6 Å². The number of rotatable bonds is 5. The van der Waals surface area contributed by atoms with Crippen molar-refractivity contribution in [3.05, 3.63) is 65.2 Å². The second-order valence-corrected chi connectivity index (χ2v) is 6.05. The van der Waals surface area contributed by atoms with Crippen molar-refractivity contribution in [2.45, 2.75) is 38.8 Å². The van der Waals surface area contributed by atoms with Gasteiger partial charge in [-0.15, -0.1) is 12.4 Å². The topological polar surface area (TPSA) is 29.3 Å². The standard InChI is InChI=1S/C19H24N2.ClH/c1-2-10-21(14-15-6-4-3-5-7-15)19-12-16-8-9-18(20)11-17(16)13-19;/h3-9,11,19H,2,10,12-14,20H2,1H3;1H. The van der Waals surface area contributed by atoms with Crippen LogP contribution < -0.4 is 5.73 Å². The fourth-order valence-electron chi connectivity index (χ4n) is 3.37. The molecule has 2 N–H and O–H groups in total. The second-order valence-electron chi connectivity index (χ2n) is 6.05. The van der Waals surface area contributed by atoms with Crippen molar-refractivity contribution in [2.75, 3.05) is 12.3 Å². The highest BCUT2D eigenvalue weighted by Crippen LogP contribution is 2.28. The van der Waals surface area contributed by atoms with Crippen LogP contribution in [-0.4, -0.2) is 17.5 Å². The van der Waals surface area contributed by atoms with Crippen molar-refractivity contribution in [1.29, 1.82) is 0 Å². The maximum atomic E-state index is 5.92. The minimum atomic E-state index is 0. The first kappa shape index (κ1) is 16.9. The average molecular weight is 317 g/mol. The number of hydrogen-bond acceptors (Lipinski definition) is 2. The van der Waals surface area contributed by atoms with Gasteiger partial charge in [0.2, 0.25) is 0 Å². The van der Waals surface area contributed by atoms with E-state index in [1.807, 2.05) is 6.07 Å². The molecule has 0 aliphatic heterocycles. The molecule has 0 spiro atoms. The Morgan fingerprint density at radius 3 is 2.50 bits per heavy atom. The molecule has 0 bridgehead atoms. The lowest BCUT2D eigenvalue weighted by molar-refractivity contribution is 0.193. The molecule has 0 aromatic heterocycles. The van der Waals surface area contributed by atoms with E-state index in [9.17, 15) is 0 Å². The molecule has 0 saturated carbocycles. The molecule has 2 aromatic rings. The molecule has 0 saturated heterocycles. The highest BCUT2D eigenvalue weighted by molar-refractivity contribution is 5.85. The van der Waals surface area contributed by atoms with Gasteiger partial charge in [0.15, 0.2) is 0 Å². The van der Waals surface area contributed by atoms with Crippen LogP contribution in [0.2, 0.25) is 0 Å². The molecule has 0 amide bonds. The van der Waals surface area contributed by atoms with Crippen LogP contribution in [0.3, 0.4) is 0 Å². The molecule has 22 heavy (non-hydrogen) atoms. The van der Waals surface area contributed by atoms with Gasteiger partial charge in [-0.3, -0.25) is 4.90 Å². The maximum absolute atomic E-state index is 5.92. The summed E-state index contributed by atoms with van der Waals surface area (Å²) in [5, 5.41) is 0. The van der Waals surface area contributed by atoms with Crippen LogP contribution in [0.25, 0.3) is 0 Å². The minimum absolute atomic E-state index is 0. The first-order valence-corrected chi connectivity index (χ1v) is 7.91. The lowest BCUT2D eigenvalue weighted by Crippen LogP contribution is -2.36. The Kier molecular flexibility index (Phi) is 5.87. The molecule has 1 unspecified atom stereocenters. The molecule has 2 aromatic carbocycles. The molecule has 1 atom stereocenters. The Balaban J connectivity index is 0.00000176. The van der Waals surface area contributed by atoms with Crippen molar-refractivity contribution in [3.63, 3.8) is 0 Å².